The van der Waals surface area contributed by atoms with Crippen molar-refractivity contribution in [1.82, 2.24) is 9.80 Å². The second-order valence-corrected chi connectivity index (χ2v) is 3.53. The van der Waals surface area contributed by atoms with Gasteiger partial charge in [0.05, 0.1) is 0 Å². The maximum atomic E-state index is 10.1. The highest BCUT2D eigenvalue weighted by molar-refractivity contribution is 5.72. The molecule has 0 radical (unpaired) electrons. The molecule has 0 amide bonds. The molecule has 0 spiro atoms. The van der Waals surface area contributed by atoms with Crippen LogP contribution >= 0.6 is 0 Å². The first-order chi connectivity index (χ1) is 6.32. The average Bonchev–Trinajstić information content (AvgIpc) is 2.03. The van der Waals surface area contributed by atoms with Crippen LogP contribution in [-0.4, -0.2) is 61.7 Å². The van der Waals surface area contributed by atoms with Gasteiger partial charge in [-0.15, -0.1) is 6.58 Å². The SMILES string of the molecule is C=CCN(C)C.CC(C(=O)O)N(C)C. The van der Waals surface area contributed by atoms with Gasteiger partial charge in [0, 0.05) is 6.54 Å². The van der Waals surface area contributed by atoms with Crippen LogP contribution in [0.15, 0.2) is 12.7 Å². The number of hydrogen-bond donors (Lipinski definition) is 1. The largest absolute Gasteiger partial charge is 0.480 e. The molecule has 1 atom stereocenters. The minimum Gasteiger partial charge on any atom is -0.480 e. The molecule has 4 heteroatoms. The molecule has 4 nitrogen and oxygen atoms in total. The molecule has 84 valence electrons. The Morgan fingerprint density at radius 1 is 1.43 bits per heavy atom. The zero-order chi connectivity index (χ0) is 11.7. The van der Waals surface area contributed by atoms with E-state index in [2.05, 4.69) is 11.5 Å². The number of aliphatic carboxylic acids is 1. The molecule has 0 aromatic carbocycles. The smallest absolute Gasteiger partial charge is 0.320 e. The van der Waals surface area contributed by atoms with E-state index in [4.69, 9.17) is 5.11 Å². The number of carboxylic acid groups (broad SMARTS) is 1. The number of rotatable bonds is 4. The van der Waals surface area contributed by atoms with Crippen molar-refractivity contribution in [2.45, 2.75) is 13.0 Å². The van der Waals surface area contributed by atoms with Gasteiger partial charge in [0.15, 0.2) is 0 Å². The Kier molecular flexibility index (Phi) is 9.71. The van der Waals surface area contributed by atoms with Crippen molar-refractivity contribution < 1.29 is 9.90 Å². The first-order valence-corrected chi connectivity index (χ1v) is 4.47. The summed E-state index contributed by atoms with van der Waals surface area (Å²) in [5.41, 5.74) is 0. The predicted octanol–water partition coefficient (Wildman–Crippen LogP) is 0.755. The summed E-state index contributed by atoms with van der Waals surface area (Å²) in [4.78, 5) is 13.8. The Labute approximate surface area is 86.8 Å². The Morgan fingerprint density at radius 2 is 1.86 bits per heavy atom. The van der Waals surface area contributed by atoms with Crippen LogP contribution < -0.4 is 0 Å². The Morgan fingerprint density at radius 3 is 1.86 bits per heavy atom. The van der Waals surface area contributed by atoms with Gasteiger partial charge < -0.3 is 10.0 Å². The fraction of sp³-hybridized carbons (Fsp3) is 0.700. The lowest BCUT2D eigenvalue weighted by molar-refractivity contribution is -0.141. The normalized spacial score (nSPS) is 11.9. The van der Waals surface area contributed by atoms with Gasteiger partial charge in [-0.3, -0.25) is 9.69 Å². The van der Waals surface area contributed by atoms with Crippen LogP contribution in [0, 0.1) is 0 Å². The van der Waals surface area contributed by atoms with Gasteiger partial charge in [0.2, 0.25) is 0 Å². The average molecular weight is 202 g/mol. The molecule has 0 aromatic rings. The summed E-state index contributed by atoms with van der Waals surface area (Å²) in [5, 5.41) is 8.31. The lowest BCUT2D eigenvalue weighted by Gasteiger charge is -2.13. The highest BCUT2D eigenvalue weighted by atomic mass is 16.4. The standard InChI is InChI=1S/C5H11NO2.C5H11N/c1-4(5(7)8)6(2)3;1-4-5-6(2)3/h4H,1-3H3,(H,7,8);4H,1,5H2,2-3H3. The fourth-order valence-corrected chi connectivity index (χ4v) is 0.479. The van der Waals surface area contributed by atoms with E-state index in [0.717, 1.165) is 6.54 Å². The minimum atomic E-state index is -0.782. The molecule has 0 aliphatic rings. The highest BCUT2D eigenvalue weighted by Gasteiger charge is 2.11. The predicted molar refractivity (Wildman–Crippen MR) is 59.5 cm³/mol. The third-order valence-corrected chi connectivity index (χ3v) is 1.63. The van der Waals surface area contributed by atoms with Gasteiger partial charge in [0.25, 0.3) is 0 Å². The second kappa shape index (κ2) is 8.72. The topological polar surface area (TPSA) is 43.8 Å². The number of carbonyl (C=O) groups is 1. The lowest BCUT2D eigenvalue weighted by atomic mass is 10.3. The molecule has 0 rings (SSSR count). The van der Waals surface area contributed by atoms with Gasteiger partial charge in [0.1, 0.15) is 6.04 Å². The van der Waals surface area contributed by atoms with Crippen LogP contribution in [0.2, 0.25) is 0 Å². The van der Waals surface area contributed by atoms with Crippen LogP contribution in [0.25, 0.3) is 0 Å². The summed E-state index contributed by atoms with van der Waals surface area (Å²) >= 11 is 0. The molecular weight excluding hydrogens is 180 g/mol. The van der Waals surface area contributed by atoms with E-state index in [1.165, 1.54) is 0 Å². The zero-order valence-corrected chi connectivity index (χ0v) is 9.82. The molecule has 0 heterocycles. The van der Waals surface area contributed by atoms with E-state index in [-0.39, 0.29) is 6.04 Å². The van der Waals surface area contributed by atoms with Crippen molar-refractivity contribution in [2.75, 3.05) is 34.7 Å². The van der Waals surface area contributed by atoms with Crippen LogP contribution in [0.3, 0.4) is 0 Å². The Balaban J connectivity index is 0. The summed E-state index contributed by atoms with van der Waals surface area (Å²) in [7, 11) is 7.50. The van der Waals surface area contributed by atoms with Crippen LogP contribution in [0.1, 0.15) is 6.92 Å². The Hall–Kier alpha value is -0.870. The first kappa shape index (κ1) is 15.6. The summed E-state index contributed by atoms with van der Waals surface area (Å²) in [6.45, 7) is 6.17. The van der Waals surface area contributed by atoms with Crippen molar-refractivity contribution in [3.63, 3.8) is 0 Å². The molecule has 14 heavy (non-hydrogen) atoms. The number of likely N-dealkylation sites (N-methyl/N-ethyl adjacent to an activating group) is 2. The van der Waals surface area contributed by atoms with Gasteiger partial charge >= 0.3 is 5.97 Å². The molecule has 0 aromatic heterocycles. The number of hydrogen-bond acceptors (Lipinski definition) is 3. The Bertz CT molecular complexity index is 168. The fourth-order valence-electron chi connectivity index (χ4n) is 0.479. The van der Waals surface area contributed by atoms with Gasteiger partial charge in [-0.1, -0.05) is 6.08 Å². The van der Waals surface area contributed by atoms with Crippen molar-refractivity contribution in [3.05, 3.63) is 12.7 Å². The van der Waals surface area contributed by atoms with Gasteiger partial charge in [-0.25, -0.2) is 0 Å². The van der Waals surface area contributed by atoms with E-state index in [9.17, 15) is 4.79 Å². The zero-order valence-electron chi connectivity index (χ0n) is 9.82. The van der Waals surface area contributed by atoms with E-state index >= 15 is 0 Å². The highest BCUT2D eigenvalue weighted by Crippen LogP contribution is 1.88. The lowest BCUT2D eigenvalue weighted by Crippen LogP contribution is -2.32. The van der Waals surface area contributed by atoms with Crippen LogP contribution in [0.5, 0.6) is 0 Å². The monoisotopic (exact) mass is 202 g/mol. The molecule has 0 fully saturated rings. The molecule has 0 bridgehead atoms. The van der Waals surface area contributed by atoms with Gasteiger partial charge in [-0.2, -0.15) is 0 Å². The van der Waals surface area contributed by atoms with E-state index < -0.39 is 5.97 Å². The molecular formula is C10H22N2O2. The molecule has 0 saturated heterocycles. The maximum absolute atomic E-state index is 10.1. The summed E-state index contributed by atoms with van der Waals surface area (Å²) in [5.74, 6) is -0.782. The molecule has 0 aliphatic heterocycles. The maximum Gasteiger partial charge on any atom is 0.320 e. The summed E-state index contributed by atoms with van der Waals surface area (Å²) in [6, 6.07) is -0.380. The van der Waals surface area contributed by atoms with Crippen molar-refractivity contribution in [3.8, 4) is 0 Å². The van der Waals surface area contributed by atoms with Crippen LogP contribution in [0.4, 0.5) is 0 Å². The number of nitrogens with zero attached hydrogens (tertiary/aromatic N) is 2. The minimum absolute atomic E-state index is 0.380. The quantitative estimate of drug-likeness (QED) is 0.683. The number of carboxylic acids is 1. The first-order valence-electron chi connectivity index (χ1n) is 4.47. The summed E-state index contributed by atoms with van der Waals surface area (Å²) in [6.07, 6.45) is 1.88. The van der Waals surface area contributed by atoms with Crippen molar-refractivity contribution in [1.29, 1.82) is 0 Å². The summed E-state index contributed by atoms with van der Waals surface area (Å²) < 4.78 is 0. The molecule has 1 N–H and O–H groups in total. The molecule has 0 aliphatic carbocycles. The third-order valence-electron chi connectivity index (χ3n) is 1.63. The van der Waals surface area contributed by atoms with Gasteiger partial charge in [-0.05, 0) is 35.1 Å². The second-order valence-electron chi connectivity index (χ2n) is 3.53. The van der Waals surface area contributed by atoms with E-state index in [1.807, 2.05) is 20.2 Å². The van der Waals surface area contributed by atoms with Crippen LogP contribution in [-0.2, 0) is 4.79 Å². The van der Waals surface area contributed by atoms with Crippen molar-refractivity contribution in [2.24, 2.45) is 0 Å². The van der Waals surface area contributed by atoms with E-state index in [1.54, 1.807) is 25.9 Å². The molecule has 0 saturated carbocycles. The third kappa shape index (κ3) is 11.1. The van der Waals surface area contributed by atoms with E-state index in [0.29, 0.717) is 0 Å². The molecule has 1 unspecified atom stereocenters. The van der Waals surface area contributed by atoms with Crippen molar-refractivity contribution >= 4 is 5.97 Å².